The number of rotatable bonds is 8. The SMILES string of the molecule is CSc1nnc(NC(=O)CN(c2ccccc2Oc2ccccc2)S(C)(=O)=O)s1. The van der Waals surface area contributed by atoms with Gasteiger partial charge < -0.3 is 4.74 Å². The van der Waals surface area contributed by atoms with Crippen molar-refractivity contribution >= 4 is 49.8 Å². The molecule has 0 atom stereocenters. The molecule has 0 aliphatic rings. The molecular formula is C18H18N4O4S3. The average Bonchev–Trinajstić information content (AvgIpc) is 3.14. The van der Waals surface area contributed by atoms with E-state index in [-0.39, 0.29) is 5.69 Å². The first-order chi connectivity index (χ1) is 13.9. The zero-order chi connectivity index (χ0) is 20.9. The van der Waals surface area contributed by atoms with Crippen LogP contribution in [0.2, 0.25) is 0 Å². The Labute approximate surface area is 177 Å². The van der Waals surface area contributed by atoms with Crippen LogP contribution in [0, 0.1) is 0 Å². The minimum absolute atomic E-state index is 0.260. The van der Waals surface area contributed by atoms with Crippen LogP contribution in [0.5, 0.6) is 11.5 Å². The molecule has 1 heterocycles. The maximum Gasteiger partial charge on any atom is 0.246 e. The van der Waals surface area contributed by atoms with E-state index in [2.05, 4.69) is 15.5 Å². The Hall–Kier alpha value is -2.63. The largest absolute Gasteiger partial charge is 0.455 e. The van der Waals surface area contributed by atoms with Crippen molar-refractivity contribution in [1.29, 1.82) is 0 Å². The zero-order valence-corrected chi connectivity index (χ0v) is 18.1. The van der Waals surface area contributed by atoms with E-state index in [0.29, 0.717) is 21.0 Å². The summed E-state index contributed by atoms with van der Waals surface area (Å²) < 4.78 is 32.4. The summed E-state index contributed by atoms with van der Waals surface area (Å²) in [6.07, 6.45) is 2.89. The number of sulfonamides is 1. The molecule has 0 spiro atoms. The number of ether oxygens (including phenoxy) is 1. The summed E-state index contributed by atoms with van der Waals surface area (Å²) in [5, 5.41) is 10.7. The second kappa shape index (κ2) is 9.25. The van der Waals surface area contributed by atoms with Gasteiger partial charge >= 0.3 is 0 Å². The number of carbonyl (C=O) groups excluding carboxylic acids is 1. The van der Waals surface area contributed by atoms with Crippen LogP contribution in [0.1, 0.15) is 0 Å². The molecule has 1 N–H and O–H groups in total. The molecule has 8 nitrogen and oxygen atoms in total. The van der Waals surface area contributed by atoms with Gasteiger partial charge in [0.15, 0.2) is 10.1 Å². The fourth-order valence-electron chi connectivity index (χ4n) is 2.38. The maximum atomic E-state index is 12.5. The fraction of sp³-hybridized carbons (Fsp3) is 0.167. The molecule has 2 aromatic carbocycles. The topological polar surface area (TPSA) is 101 Å². The summed E-state index contributed by atoms with van der Waals surface area (Å²) in [5.41, 5.74) is 0.260. The minimum Gasteiger partial charge on any atom is -0.455 e. The van der Waals surface area contributed by atoms with Gasteiger partial charge in [0.05, 0.1) is 11.9 Å². The molecule has 0 radical (unpaired) electrons. The predicted molar refractivity (Wildman–Crippen MR) is 115 cm³/mol. The molecule has 11 heteroatoms. The van der Waals surface area contributed by atoms with Crippen molar-refractivity contribution in [3.05, 3.63) is 54.6 Å². The highest BCUT2D eigenvalue weighted by Crippen LogP contribution is 2.33. The van der Waals surface area contributed by atoms with Gasteiger partial charge in [0.25, 0.3) is 0 Å². The summed E-state index contributed by atoms with van der Waals surface area (Å²) in [5.74, 6) is 0.336. The van der Waals surface area contributed by atoms with E-state index in [4.69, 9.17) is 4.74 Å². The highest BCUT2D eigenvalue weighted by molar-refractivity contribution is 8.00. The van der Waals surface area contributed by atoms with E-state index in [1.54, 1.807) is 36.4 Å². The number of thioether (sulfide) groups is 1. The number of amides is 1. The summed E-state index contributed by atoms with van der Waals surface area (Å²) in [6, 6.07) is 15.6. The standard InChI is InChI=1S/C18H18N4O4S3/c1-27-18-21-20-17(28-18)19-16(23)12-22(29(2,24)25)14-10-6-7-11-15(14)26-13-8-4-3-5-9-13/h3-11H,12H2,1-2H3,(H,19,20,23). The second-order valence-corrected chi connectivity index (χ2v) is 9.72. The summed E-state index contributed by atoms with van der Waals surface area (Å²) >= 11 is 2.62. The van der Waals surface area contributed by atoms with Crippen molar-refractivity contribution in [2.24, 2.45) is 0 Å². The van der Waals surface area contributed by atoms with Crippen molar-refractivity contribution in [2.75, 3.05) is 28.7 Å². The number of hydrogen-bond donors (Lipinski definition) is 1. The van der Waals surface area contributed by atoms with Crippen molar-refractivity contribution in [3.63, 3.8) is 0 Å². The van der Waals surface area contributed by atoms with Crippen LogP contribution >= 0.6 is 23.1 Å². The first-order valence-electron chi connectivity index (χ1n) is 8.34. The highest BCUT2D eigenvalue weighted by Gasteiger charge is 2.24. The Kier molecular flexibility index (Phi) is 6.72. The normalized spacial score (nSPS) is 11.1. The van der Waals surface area contributed by atoms with Gasteiger partial charge in [-0.05, 0) is 30.5 Å². The Morgan fingerprint density at radius 2 is 1.83 bits per heavy atom. The van der Waals surface area contributed by atoms with Gasteiger partial charge in [-0.25, -0.2) is 8.42 Å². The molecule has 152 valence electrons. The Balaban J connectivity index is 1.85. The van der Waals surface area contributed by atoms with E-state index >= 15 is 0 Å². The monoisotopic (exact) mass is 450 g/mol. The lowest BCUT2D eigenvalue weighted by Crippen LogP contribution is -2.37. The lowest BCUT2D eigenvalue weighted by Gasteiger charge is -2.23. The van der Waals surface area contributed by atoms with Crippen LogP contribution in [0.4, 0.5) is 10.8 Å². The number of benzene rings is 2. The fourth-order valence-corrected chi connectivity index (χ4v) is 4.42. The lowest BCUT2D eigenvalue weighted by atomic mass is 10.3. The number of aromatic nitrogens is 2. The molecular weight excluding hydrogens is 432 g/mol. The molecule has 0 saturated carbocycles. The molecule has 3 rings (SSSR count). The Bertz CT molecular complexity index is 1090. The van der Waals surface area contributed by atoms with Crippen molar-refractivity contribution < 1.29 is 17.9 Å². The van der Waals surface area contributed by atoms with Crippen LogP contribution in [0.3, 0.4) is 0 Å². The van der Waals surface area contributed by atoms with Gasteiger partial charge in [-0.1, -0.05) is 53.4 Å². The van der Waals surface area contributed by atoms with Crippen LogP contribution in [-0.4, -0.2) is 43.6 Å². The molecule has 0 fully saturated rings. The Morgan fingerprint density at radius 3 is 2.48 bits per heavy atom. The van der Waals surface area contributed by atoms with Gasteiger partial charge in [-0.15, -0.1) is 10.2 Å². The number of anilines is 2. The highest BCUT2D eigenvalue weighted by atomic mass is 32.2. The average molecular weight is 451 g/mol. The number of carbonyl (C=O) groups is 1. The number of para-hydroxylation sites is 3. The summed E-state index contributed by atoms with van der Waals surface area (Å²) in [4.78, 5) is 12.5. The molecule has 0 saturated heterocycles. The van der Waals surface area contributed by atoms with Crippen molar-refractivity contribution in [2.45, 2.75) is 4.34 Å². The van der Waals surface area contributed by atoms with Crippen LogP contribution < -0.4 is 14.4 Å². The van der Waals surface area contributed by atoms with E-state index in [1.807, 2.05) is 24.5 Å². The van der Waals surface area contributed by atoms with Crippen molar-refractivity contribution in [3.8, 4) is 11.5 Å². The second-order valence-electron chi connectivity index (χ2n) is 5.78. The smallest absolute Gasteiger partial charge is 0.246 e. The first-order valence-corrected chi connectivity index (χ1v) is 12.2. The number of nitrogens with zero attached hydrogens (tertiary/aromatic N) is 3. The van der Waals surface area contributed by atoms with Crippen LogP contribution in [0.15, 0.2) is 58.9 Å². The van der Waals surface area contributed by atoms with Crippen molar-refractivity contribution in [1.82, 2.24) is 10.2 Å². The van der Waals surface area contributed by atoms with Gasteiger partial charge in [-0.3, -0.25) is 14.4 Å². The molecule has 0 unspecified atom stereocenters. The number of nitrogens with one attached hydrogen (secondary N) is 1. The predicted octanol–water partition coefficient (Wildman–Crippen LogP) is 3.46. The summed E-state index contributed by atoms with van der Waals surface area (Å²) in [6.45, 7) is -0.428. The maximum absolute atomic E-state index is 12.5. The van der Waals surface area contributed by atoms with E-state index in [0.717, 1.165) is 10.6 Å². The third-order valence-electron chi connectivity index (χ3n) is 3.62. The molecule has 1 aromatic heterocycles. The van der Waals surface area contributed by atoms with E-state index < -0.39 is 22.5 Å². The van der Waals surface area contributed by atoms with Gasteiger partial charge in [0, 0.05) is 0 Å². The third kappa shape index (κ3) is 5.68. The lowest BCUT2D eigenvalue weighted by molar-refractivity contribution is -0.114. The third-order valence-corrected chi connectivity index (χ3v) is 6.56. The van der Waals surface area contributed by atoms with Gasteiger partial charge in [0.2, 0.25) is 21.1 Å². The van der Waals surface area contributed by atoms with Gasteiger partial charge in [0.1, 0.15) is 12.3 Å². The van der Waals surface area contributed by atoms with E-state index in [9.17, 15) is 13.2 Å². The molecule has 1 amide bonds. The van der Waals surface area contributed by atoms with E-state index in [1.165, 1.54) is 23.1 Å². The molecule has 0 bridgehead atoms. The minimum atomic E-state index is -3.76. The zero-order valence-electron chi connectivity index (χ0n) is 15.6. The van der Waals surface area contributed by atoms with Crippen LogP contribution in [0.25, 0.3) is 0 Å². The summed E-state index contributed by atoms with van der Waals surface area (Å²) in [7, 11) is -3.76. The molecule has 0 aliphatic heterocycles. The van der Waals surface area contributed by atoms with Gasteiger partial charge in [-0.2, -0.15) is 0 Å². The Morgan fingerprint density at radius 1 is 1.14 bits per heavy atom. The van der Waals surface area contributed by atoms with Crippen LogP contribution in [-0.2, 0) is 14.8 Å². The molecule has 3 aromatic rings. The molecule has 0 aliphatic carbocycles. The number of hydrogen-bond acceptors (Lipinski definition) is 8. The quantitative estimate of drug-likeness (QED) is 0.414. The first kappa shape index (κ1) is 21.1. The molecule has 29 heavy (non-hydrogen) atoms.